The highest BCUT2D eigenvalue weighted by atomic mass is 127. The van der Waals surface area contributed by atoms with Crippen molar-refractivity contribution >= 4 is 29.9 Å². The summed E-state index contributed by atoms with van der Waals surface area (Å²) in [6, 6.07) is 3.46. The first-order valence-electron chi connectivity index (χ1n) is 9.15. The summed E-state index contributed by atoms with van der Waals surface area (Å²) in [5.41, 5.74) is 1.95. The molecule has 9 heteroatoms. The van der Waals surface area contributed by atoms with E-state index in [9.17, 15) is 8.78 Å². The van der Waals surface area contributed by atoms with Crippen LogP contribution in [0.1, 0.15) is 37.8 Å². The van der Waals surface area contributed by atoms with E-state index in [-0.39, 0.29) is 36.3 Å². The molecule has 1 aromatic carbocycles. The van der Waals surface area contributed by atoms with Crippen LogP contribution in [0.5, 0.6) is 5.75 Å². The Morgan fingerprint density at radius 1 is 1.14 bits per heavy atom. The first-order chi connectivity index (χ1) is 13.1. The SMILES string of the molecule is CCNC(=NCc1c(CC)noc1CC)NCCOc1ccc(F)c(F)c1.I. The molecule has 2 aromatic rings. The number of aromatic nitrogens is 1. The second-order valence-electron chi connectivity index (χ2n) is 5.78. The number of aliphatic imine (C=N–C) groups is 1. The lowest BCUT2D eigenvalue weighted by molar-refractivity contribution is 0.318. The third-order valence-electron chi connectivity index (χ3n) is 3.90. The summed E-state index contributed by atoms with van der Waals surface area (Å²) in [5, 5.41) is 10.4. The minimum Gasteiger partial charge on any atom is -0.492 e. The number of rotatable bonds is 9. The average Bonchev–Trinajstić information content (AvgIpc) is 3.07. The van der Waals surface area contributed by atoms with E-state index in [1.165, 1.54) is 6.07 Å². The largest absolute Gasteiger partial charge is 0.492 e. The molecule has 0 saturated carbocycles. The number of aryl methyl sites for hydroxylation is 2. The van der Waals surface area contributed by atoms with Crippen LogP contribution in [0.2, 0.25) is 0 Å². The number of ether oxygens (including phenoxy) is 1. The molecule has 0 saturated heterocycles. The van der Waals surface area contributed by atoms with Crippen molar-refractivity contribution in [1.29, 1.82) is 0 Å². The number of hydrogen-bond acceptors (Lipinski definition) is 4. The van der Waals surface area contributed by atoms with Crippen molar-refractivity contribution in [2.45, 2.75) is 40.2 Å². The third-order valence-corrected chi connectivity index (χ3v) is 3.90. The number of nitrogens with zero attached hydrogens (tertiary/aromatic N) is 2. The number of nitrogens with one attached hydrogen (secondary N) is 2. The van der Waals surface area contributed by atoms with E-state index in [0.717, 1.165) is 42.0 Å². The van der Waals surface area contributed by atoms with Crippen LogP contribution in [0.4, 0.5) is 8.78 Å². The maximum Gasteiger partial charge on any atom is 0.191 e. The van der Waals surface area contributed by atoms with Gasteiger partial charge in [-0.05, 0) is 25.5 Å². The van der Waals surface area contributed by atoms with Crippen molar-refractivity contribution in [3.63, 3.8) is 0 Å². The van der Waals surface area contributed by atoms with E-state index in [1.807, 2.05) is 20.8 Å². The molecule has 6 nitrogen and oxygen atoms in total. The molecule has 0 radical (unpaired) electrons. The van der Waals surface area contributed by atoms with Gasteiger partial charge in [0, 0.05) is 24.6 Å². The highest BCUT2D eigenvalue weighted by molar-refractivity contribution is 14.0. The first kappa shape index (κ1) is 24.1. The third kappa shape index (κ3) is 6.92. The predicted molar refractivity (Wildman–Crippen MR) is 115 cm³/mol. The Morgan fingerprint density at radius 2 is 1.93 bits per heavy atom. The molecule has 0 bridgehead atoms. The fourth-order valence-electron chi connectivity index (χ4n) is 2.52. The maximum atomic E-state index is 13.2. The lowest BCUT2D eigenvalue weighted by atomic mass is 10.1. The predicted octanol–water partition coefficient (Wildman–Crippen LogP) is 3.83. The molecule has 0 unspecified atom stereocenters. The molecule has 1 heterocycles. The molecule has 0 aliphatic rings. The van der Waals surface area contributed by atoms with Crippen LogP contribution in [-0.2, 0) is 19.4 Å². The minimum absolute atomic E-state index is 0. The zero-order chi connectivity index (χ0) is 19.6. The van der Waals surface area contributed by atoms with Crippen LogP contribution in [0.15, 0.2) is 27.7 Å². The van der Waals surface area contributed by atoms with Crippen LogP contribution >= 0.6 is 24.0 Å². The van der Waals surface area contributed by atoms with Crippen molar-refractivity contribution in [2.24, 2.45) is 4.99 Å². The molecule has 0 aliphatic carbocycles. The van der Waals surface area contributed by atoms with E-state index >= 15 is 0 Å². The highest BCUT2D eigenvalue weighted by Crippen LogP contribution is 2.17. The van der Waals surface area contributed by atoms with Gasteiger partial charge < -0.3 is 19.9 Å². The van der Waals surface area contributed by atoms with Crippen molar-refractivity contribution in [2.75, 3.05) is 19.7 Å². The van der Waals surface area contributed by atoms with Gasteiger partial charge in [-0.2, -0.15) is 0 Å². The molecular formula is C19H27F2IN4O2. The van der Waals surface area contributed by atoms with Crippen LogP contribution in [-0.4, -0.2) is 30.8 Å². The Balaban J connectivity index is 0.00000392. The van der Waals surface area contributed by atoms with Crippen molar-refractivity contribution in [3.05, 3.63) is 46.9 Å². The van der Waals surface area contributed by atoms with Crippen molar-refractivity contribution in [1.82, 2.24) is 15.8 Å². The summed E-state index contributed by atoms with van der Waals surface area (Å²) in [6.45, 7) is 7.94. The van der Waals surface area contributed by atoms with Gasteiger partial charge in [0.25, 0.3) is 0 Å². The zero-order valence-corrected chi connectivity index (χ0v) is 18.7. The van der Waals surface area contributed by atoms with Gasteiger partial charge in [0.2, 0.25) is 0 Å². The van der Waals surface area contributed by atoms with E-state index in [2.05, 4.69) is 20.8 Å². The van der Waals surface area contributed by atoms with Gasteiger partial charge in [-0.15, -0.1) is 24.0 Å². The lowest BCUT2D eigenvalue weighted by Crippen LogP contribution is -2.39. The fraction of sp³-hybridized carbons (Fsp3) is 0.474. The molecule has 0 aliphatic heterocycles. The molecule has 0 atom stereocenters. The molecule has 0 spiro atoms. The average molecular weight is 508 g/mol. The Hall–Kier alpha value is -1.91. The summed E-state index contributed by atoms with van der Waals surface area (Å²) in [4.78, 5) is 4.57. The number of benzene rings is 1. The lowest BCUT2D eigenvalue weighted by Gasteiger charge is -2.12. The zero-order valence-electron chi connectivity index (χ0n) is 16.3. The van der Waals surface area contributed by atoms with E-state index in [1.54, 1.807) is 0 Å². The Kier molecular flexibility index (Phi) is 10.8. The van der Waals surface area contributed by atoms with Gasteiger partial charge >= 0.3 is 0 Å². The highest BCUT2D eigenvalue weighted by Gasteiger charge is 2.13. The molecule has 1 aromatic heterocycles. The Labute approximate surface area is 181 Å². The smallest absolute Gasteiger partial charge is 0.191 e. The molecule has 28 heavy (non-hydrogen) atoms. The van der Waals surface area contributed by atoms with Gasteiger partial charge in [0.15, 0.2) is 17.6 Å². The standard InChI is InChI=1S/C19H26F2N4O2.HI/c1-4-17-14(18(5-2)27-25-17)12-24-19(22-6-3)23-9-10-26-13-7-8-15(20)16(21)11-13;/h7-8,11H,4-6,9-10,12H2,1-3H3,(H2,22,23,24);1H. The van der Waals surface area contributed by atoms with Gasteiger partial charge in [0.1, 0.15) is 18.1 Å². The fourth-order valence-corrected chi connectivity index (χ4v) is 2.52. The van der Waals surface area contributed by atoms with E-state index in [0.29, 0.717) is 25.6 Å². The van der Waals surface area contributed by atoms with Crippen molar-refractivity contribution < 1.29 is 18.0 Å². The van der Waals surface area contributed by atoms with Crippen molar-refractivity contribution in [3.8, 4) is 5.75 Å². The second-order valence-corrected chi connectivity index (χ2v) is 5.78. The van der Waals surface area contributed by atoms with Gasteiger partial charge in [-0.3, -0.25) is 0 Å². The molecule has 0 amide bonds. The van der Waals surface area contributed by atoms with E-state index in [4.69, 9.17) is 9.26 Å². The van der Waals surface area contributed by atoms with Gasteiger partial charge in [-0.1, -0.05) is 19.0 Å². The Morgan fingerprint density at radius 3 is 2.57 bits per heavy atom. The molecule has 2 N–H and O–H groups in total. The topological polar surface area (TPSA) is 71.7 Å². The molecule has 156 valence electrons. The summed E-state index contributed by atoms with van der Waals surface area (Å²) in [7, 11) is 0. The normalized spacial score (nSPS) is 11.1. The van der Waals surface area contributed by atoms with Crippen LogP contribution in [0, 0.1) is 11.6 Å². The summed E-state index contributed by atoms with van der Waals surface area (Å²) < 4.78 is 36.8. The summed E-state index contributed by atoms with van der Waals surface area (Å²) in [6.07, 6.45) is 1.56. The number of halogens is 3. The monoisotopic (exact) mass is 508 g/mol. The summed E-state index contributed by atoms with van der Waals surface area (Å²) >= 11 is 0. The van der Waals surface area contributed by atoms with Crippen LogP contribution in [0.3, 0.4) is 0 Å². The van der Waals surface area contributed by atoms with E-state index < -0.39 is 11.6 Å². The summed E-state index contributed by atoms with van der Waals surface area (Å²) in [5.74, 6) is -0.0525. The quantitative estimate of drug-likeness (QED) is 0.233. The number of hydrogen-bond donors (Lipinski definition) is 2. The van der Waals surface area contributed by atoms with Gasteiger partial charge in [0.05, 0.1) is 18.8 Å². The molecule has 2 rings (SSSR count). The molecular weight excluding hydrogens is 481 g/mol. The minimum atomic E-state index is -0.928. The maximum absolute atomic E-state index is 13.2. The van der Waals surface area contributed by atoms with Gasteiger partial charge in [-0.25, -0.2) is 13.8 Å². The Bertz CT molecular complexity index is 747. The second kappa shape index (κ2) is 12.5. The first-order valence-corrected chi connectivity index (χ1v) is 9.15. The number of guanidine groups is 1. The molecule has 0 fully saturated rings. The van der Waals surface area contributed by atoms with Crippen LogP contribution in [0.25, 0.3) is 0 Å². The van der Waals surface area contributed by atoms with Crippen LogP contribution < -0.4 is 15.4 Å².